The zero-order valence-electron chi connectivity index (χ0n) is 9.65. The molecule has 0 spiro atoms. The monoisotopic (exact) mass is 221 g/mol. The topological polar surface area (TPSA) is 62.5 Å². The third-order valence-corrected chi connectivity index (χ3v) is 2.44. The molecule has 0 fully saturated rings. The SMILES string of the molecule is COc1cc(C(O)CC#N)cc(OC)c1C. The lowest BCUT2D eigenvalue weighted by molar-refractivity contribution is 0.182. The minimum absolute atomic E-state index is 0.0510. The van der Waals surface area contributed by atoms with Gasteiger partial charge in [-0.2, -0.15) is 5.26 Å². The van der Waals surface area contributed by atoms with E-state index in [0.29, 0.717) is 17.1 Å². The third-order valence-electron chi connectivity index (χ3n) is 2.44. The van der Waals surface area contributed by atoms with Gasteiger partial charge in [-0.15, -0.1) is 0 Å². The van der Waals surface area contributed by atoms with Crippen LogP contribution in [0.1, 0.15) is 23.7 Å². The largest absolute Gasteiger partial charge is 0.496 e. The van der Waals surface area contributed by atoms with Crippen molar-refractivity contribution in [2.24, 2.45) is 0 Å². The van der Waals surface area contributed by atoms with E-state index in [9.17, 15) is 5.11 Å². The molecule has 0 bridgehead atoms. The van der Waals surface area contributed by atoms with Crippen LogP contribution in [0.25, 0.3) is 0 Å². The number of benzene rings is 1. The maximum Gasteiger partial charge on any atom is 0.125 e. The van der Waals surface area contributed by atoms with Gasteiger partial charge in [0.05, 0.1) is 32.8 Å². The summed E-state index contributed by atoms with van der Waals surface area (Å²) < 4.78 is 10.4. The molecule has 1 aromatic carbocycles. The molecule has 0 saturated carbocycles. The summed E-state index contributed by atoms with van der Waals surface area (Å²) in [7, 11) is 3.12. The van der Waals surface area contributed by atoms with Crippen molar-refractivity contribution in [3.63, 3.8) is 0 Å². The fourth-order valence-electron chi connectivity index (χ4n) is 1.50. The van der Waals surface area contributed by atoms with Crippen molar-refractivity contribution < 1.29 is 14.6 Å². The van der Waals surface area contributed by atoms with Crippen molar-refractivity contribution in [3.8, 4) is 17.6 Å². The molecule has 0 aliphatic carbocycles. The van der Waals surface area contributed by atoms with Crippen molar-refractivity contribution in [2.45, 2.75) is 19.4 Å². The Hall–Kier alpha value is -1.73. The number of aliphatic hydroxyl groups is 1. The quantitative estimate of drug-likeness (QED) is 0.844. The number of methoxy groups -OCH3 is 2. The second-order valence-corrected chi connectivity index (χ2v) is 3.43. The number of rotatable bonds is 4. The average molecular weight is 221 g/mol. The molecule has 0 amide bonds. The minimum atomic E-state index is -0.812. The Morgan fingerprint density at radius 3 is 2.19 bits per heavy atom. The molecule has 1 atom stereocenters. The van der Waals surface area contributed by atoms with E-state index in [-0.39, 0.29) is 6.42 Å². The summed E-state index contributed by atoms with van der Waals surface area (Å²) in [5.41, 5.74) is 1.50. The first kappa shape index (κ1) is 12.3. The zero-order chi connectivity index (χ0) is 12.1. The second kappa shape index (κ2) is 5.38. The van der Waals surface area contributed by atoms with Gasteiger partial charge in [0.25, 0.3) is 0 Å². The molecule has 86 valence electrons. The van der Waals surface area contributed by atoms with Gasteiger partial charge in [0.1, 0.15) is 11.5 Å². The Labute approximate surface area is 95.0 Å². The third kappa shape index (κ3) is 2.44. The van der Waals surface area contributed by atoms with E-state index in [2.05, 4.69) is 0 Å². The number of nitrogens with zero attached hydrogens (tertiary/aromatic N) is 1. The smallest absolute Gasteiger partial charge is 0.125 e. The highest BCUT2D eigenvalue weighted by molar-refractivity contribution is 5.47. The Kier molecular flexibility index (Phi) is 4.15. The zero-order valence-corrected chi connectivity index (χ0v) is 9.65. The summed E-state index contributed by atoms with van der Waals surface area (Å²) in [5, 5.41) is 18.3. The van der Waals surface area contributed by atoms with Gasteiger partial charge in [0.2, 0.25) is 0 Å². The first-order valence-corrected chi connectivity index (χ1v) is 4.91. The summed E-state index contributed by atoms with van der Waals surface area (Å²) in [6.45, 7) is 1.87. The lowest BCUT2D eigenvalue weighted by atomic mass is 10.0. The highest BCUT2D eigenvalue weighted by atomic mass is 16.5. The van der Waals surface area contributed by atoms with Crippen LogP contribution in [-0.2, 0) is 0 Å². The molecule has 0 aromatic heterocycles. The molecule has 1 aromatic rings. The number of nitriles is 1. The van der Waals surface area contributed by atoms with Gasteiger partial charge in [-0.05, 0) is 24.6 Å². The van der Waals surface area contributed by atoms with Crippen LogP contribution >= 0.6 is 0 Å². The van der Waals surface area contributed by atoms with E-state index in [1.807, 2.05) is 13.0 Å². The van der Waals surface area contributed by atoms with Crippen LogP contribution in [0.4, 0.5) is 0 Å². The molecule has 1 N–H and O–H groups in total. The molecule has 4 nitrogen and oxygen atoms in total. The standard InChI is InChI=1S/C12H15NO3/c1-8-11(15-2)6-9(7-12(8)16-3)10(14)4-5-13/h6-7,10,14H,4H2,1-3H3. The summed E-state index contributed by atoms with van der Waals surface area (Å²) in [5.74, 6) is 1.29. The minimum Gasteiger partial charge on any atom is -0.496 e. The van der Waals surface area contributed by atoms with Crippen LogP contribution in [0.15, 0.2) is 12.1 Å². The van der Waals surface area contributed by atoms with E-state index in [1.54, 1.807) is 26.4 Å². The molecule has 0 aliphatic rings. The van der Waals surface area contributed by atoms with Crippen LogP contribution in [0.3, 0.4) is 0 Å². The van der Waals surface area contributed by atoms with Crippen molar-refractivity contribution in [2.75, 3.05) is 14.2 Å². The molecule has 0 aliphatic heterocycles. The average Bonchev–Trinajstić information content (AvgIpc) is 2.29. The van der Waals surface area contributed by atoms with E-state index in [4.69, 9.17) is 14.7 Å². The van der Waals surface area contributed by atoms with E-state index >= 15 is 0 Å². The van der Waals surface area contributed by atoms with Crippen LogP contribution in [0.5, 0.6) is 11.5 Å². The lowest BCUT2D eigenvalue weighted by Crippen LogP contribution is -2.00. The molecule has 4 heteroatoms. The van der Waals surface area contributed by atoms with E-state index in [1.165, 1.54) is 0 Å². The molecule has 0 heterocycles. The van der Waals surface area contributed by atoms with Crippen molar-refractivity contribution in [1.29, 1.82) is 5.26 Å². The first-order valence-electron chi connectivity index (χ1n) is 4.91. The number of hydrogen-bond donors (Lipinski definition) is 1. The van der Waals surface area contributed by atoms with Crippen molar-refractivity contribution in [1.82, 2.24) is 0 Å². The summed E-state index contributed by atoms with van der Waals surface area (Å²) in [4.78, 5) is 0. The Morgan fingerprint density at radius 2 is 1.81 bits per heavy atom. The summed E-state index contributed by atoms with van der Waals surface area (Å²) in [6, 6.07) is 5.37. The summed E-state index contributed by atoms with van der Waals surface area (Å²) >= 11 is 0. The predicted octanol–water partition coefficient (Wildman–Crippen LogP) is 1.96. The fraction of sp³-hybridized carbons (Fsp3) is 0.417. The van der Waals surface area contributed by atoms with Crippen molar-refractivity contribution in [3.05, 3.63) is 23.3 Å². The Balaban J connectivity index is 3.17. The lowest BCUT2D eigenvalue weighted by Gasteiger charge is -2.14. The number of aliphatic hydroxyl groups excluding tert-OH is 1. The van der Waals surface area contributed by atoms with Crippen LogP contribution < -0.4 is 9.47 Å². The van der Waals surface area contributed by atoms with Crippen LogP contribution in [-0.4, -0.2) is 19.3 Å². The van der Waals surface area contributed by atoms with Gasteiger partial charge >= 0.3 is 0 Å². The number of ether oxygens (including phenoxy) is 2. The van der Waals surface area contributed by atoms with Gasteiger partial charge in [0.15, 0.2) is 0 Å². The maximum atomic E-state index is 9.72. The molecule has 1 unspecified atom stereocenters. The van der Waals surface area contributed by atoms with Crippen LogP contribution in [0, 0.1) is 18.3 Å². The first-order chi connectivity index (χ1) is 7.63. The Bertz CT molecular complexity index is 384. The molecular formula is C12H15NO3. The molecule has 16 heavy (non-hydrogen) atoms. The fourth-order valence-corrected chi connectivity index (χ4v) is 1.50. The van der Waals surface area contributed by atoms with E-state index < -0.39 is 6.10 Å². The van der Waals surface area contributed by atoms with Gasteiger partial charge in [-0.1, -0.05) is 0 Å². The molecule has 0 saturated heterocycles. The predicted molar refractivity (Wildman–Crippen MR) is 59.5 cm³/mol. The normalized spacial score (nSPS) is 11.7. The van der Waals surface area contributed by atoms with E-state index in [0.717, 1.165) is 5.56 Å². The van der Waals surface area contributed by atoms with Gasteiger partial charge in [-0.3, -0.25) is 0 Å². The molecular weight excluding hydrogens is 206 g/mol. The summed E-state index contributed by atoms with van der Waals surface area (Å²) in [6.07, 6.45) is -0.761. The second-order valence-electron chi connectivity index (χ2n) is 3.43. The molecule has 1 rings (SSSR count). The van der Waals surface area contributed by atoms with Gasteiger partial charge < -0.3 is 14.6 Å². The highest BCUT2D eigenvalue weighted by Crippen LogP contribution is 2.32. The highest BCUT2D eigenvalue weighted by Gasteiger charge is 2.13. The van der Waals surface area contributed by atoms with Gasteiger partial charge in [-0.25, -0.2) is 0 Å². The molecule has 0 radical (unpaired) electrons. The van der Waals surface area contributed by atoms with Crippen molar-refractivity contribution >= 4 is 0 Å². The maximum absolute atomic E-state index is 9.72. The number of hydrogen-bond acceptors (Lipinski definition) is 4. The Morgan fingerprint density at radius 1 is 1.31 bits per heavy atom. The van der Waals surface area contributed by atoms with Crippen LogP contribution in [0.2, 0.25) is 0 Å². The van der Waals surface area contributed by atoms with Gasteiger partial charge in [0, 0.05) is 5.56 Å².